The number of hydrogen-bond donors (Lipinski definition) is 0. The van der Waals surface area contributed by atoms with Gasteiger partial charge in [0.1, 0.15) is 11.7 Å². The maximum absolute atomic E-state index is 13.5. The number of nitrogens with zero attached hydrogens (tertiary/aromatic N) is 2. The number of piperazine rings is 1. The van der Waals surface area contributed by atoms with E-state index in [-0.39, 0.29) is 35.2 Å². The Morgan fingerprint density at radius 2 is 1.54 bits per heavy atom. The lowest BCUT2D eigenvalue weighted by molar-refractivity contribution is -0.168. The molecular weight excluding hydrogens is 460 g/mol. The third-order valence-corrected chi connectivity index (χ3v) is 10.5. The van der Waals surface area contributed by atoms with Gasteiger partial charge in [0, 0.05) is 44.6 Å². The Kier molecular flexibility index (Phi) is 5.76. The minimum Gasteiger partial charge on any atom is -0.455 e. The number of esters is 1. The van der Waals surface area contributed by atoms with Crippen molar-refractivity contribution in [3.8, 4) is 0 Å². The van der Waals surface area contributed by atoms with Crippen LogP contribution in [0.3, 0.4) is 0 Å². The molecule has 0 N–H and O–H groups in total. The molecule has 7 atom stereocenters. The minimum absolute atomic E-state index is 0.0212. The third-order valence-electron chi connectivity index (χ3n) is 10.5. The van der Waals surface area contributed by atoms with E-state index in [0.29, 0.717) is 17.8 Å². The third kappa shape index (κ3) is 3.80. The molecule has 2 aliphatic carbocycles. The summed E-state index contributed by atoms with van der Waals surface area (Å²) in [6.45, 7) is 9.38. The van der Waals surface area contributed by atoms with Crippen molar-refractivity contribution in [1.82, 2.24) is 9.80 Å². The number of carbonyl (C=O) groups excluding carboxylic acids is 1. The van der Waals surface area contributed by atoms with Crippen LogP contribution < -0.4 is 0 Å². The van der Waals surface area contributed by atoms with Gasteiger partial charge in [0.2, 0.25) is 0 Å². The van der Waals surface area contributed by atoms with Crippen molar-refractivity contribution in [2.75, 3.05) is 32.7 Å². The number of rotatable bonds is 5. The van der Waals surface area contributed by atoms with E-state index in [1.807, 2.05) is 0 Å². The summed E-state index contributed by atoms with van der Waals surface area (Å²) in [5.41, 5.74) is 2.24. The van der Waals surface area contributed by atoms with E-state index in [2.05, 4.69) is 84.3 Å². The van der Waals surface area contributed by atoms with Crippen LogP contribution >= 0.6 is 0 Å². The van der Waals surface area contributed by atoms with Gasteiger partial charge in [-0.05, 0) is 49.7 Å². The lowest BCUT2D eigenvalue weighted by Gasteiger charge is -2.50. The molecular formula is C32H40N2O3. The van der Waals surface area contributed by atoms with Crippen molar-refractivity contribution in [3.05, 3.63) is 71.8 Å². The van der Waals surface area contributed by atoms with Crippen molar-refractivity contribution in [3.63, 3.8) is 0 Å². The summed E-state index contributed by atoms with van der Waals surface area (Å²) in [7, 11) is 0. The van der Waals surface area contributed by atoms with Gasteiger partial charge in [-0.2, -0.15) is 0 Å². The predicted molar refractivity (Wildman–Crippen MR) is 143 cm³/mol. The van der Waals surface area contributed by atoms with Crippen LogP contribution in [0.4, 0.5) is 0 Å². The normalized spacial score (nSPS) is 39.5. The second-order valence-electron chi connectivity index (χ2n) is 12.6. The van der Waals surface area contributed by atoms with Crippen LogP contribution in [0.25, 0.3) is 0 Å². The quantitative estimate of drug-likeness (QED) is 0.431. The molecule has 196 valence electrons. The molecule has 1 spiro atoms. The molecule has 0 bridgehead atoms. The Balaban J connectivity index is 1.07. The zero-order valence-electron chi connectivity index (χ0n) is 22.2. The van der Waals surface area contributed by atoms with Crippen LogP contribution in [0.1, 0.15) is 56.7 Å². The molecule has 7 rings (SSSR count). The summed E-state index contributed by atoms with van der Waals surface area (Å²) in [6.07, 6.45) is 4.64. The molecule has 3 heterocycles. The SMILES string of the molecule is C[C@@H]1CC[C@H]2[C@@H](CN3CCN(C(c4ccccc4)c4ccccc4)CC3)C(=O)O[C@]23[C@H]1CC[C@@]1(C)O[C@@H]31. The highest BCUT2D eigenvalue weighted by Crippen LogP contribution is 2.66. The van der Waals surface area contributed by atoms with E-state index in [4.69, 9.17) is 9.47 Å². The van der Waals surface area contributed by atoms with Gasteiger partial charge in [-0.3, -0.25) is 14.6 Å². The van der Waals surface area contributed by atoms with Crippen molar-refractivity contribution < 1.29 is 14.3 Å². The molecule has 0 unspecified atom stereocenters. The Bertz CT molecular complexity index is 1090. The van der Waals surface area contributed by atoms with Crippen LogP contribution in [0, 0.1) is 23.7 Å². The van der Waals surface area contributed by atoms with Crippen molar-refractivity contribution in [2.24, 2.45) is 23.7 Å². The van der Waals surface area contributed by atoms with Gasteiger partial charge < -0.3 is 9.47 Å². The van der Waals surface area contributed by atoms with Crippen LogP contribution in [0.15, 0.2) is 60.7 Å². The molecule has 2 aromatic rings. The molecule has 3 saturated heterocycles. The number of benzene rings is 2. The summed E-state index contributed by atoms with van der Waals surface area (Å²) in [4.78, 5) is 18.6. The zero-order chi connectivity index (χ0) is 25.2. The van der Waals surface area contributed by atoms with Gasteiger partial charge in [0.05, 0.1) is 17.6 Å². The van der Waals surface area contributed by atoms with Crippen molar-refractivity contribution >= 4 is 5.97 Å². The molecule has 2 saturated carbocycles. The largest absolute Gasteiger partial charge is 0.455 e. The van der Waals surface area contributed by atoms with Crippen LogP contribution in [0.5, 0.6) is 0 Å². The molecule has 37 heavy (non-hydrogen) atoms. The van der Waals surface area contributed by atoms with E-state index < -0.39 is 0 Å². The van der Waals surface area contributed by atoms with E-state index in [0.717, 1.165) is 52.0 Å². The van der Waals surface area contributed by atoms with Crippen molar-refractivity contribution in [1.29, 1.82) is 0 Å². The smallest absolute Gasteiger partial charge is 0.311 e. The highest BCUT2D eigenvalue weighted by molar-refractivity contribution is 5.77. The van der Waals surface area contributed by atoms with Crippen molar-refractivity contribution in [2.45, 2.75) is 62.9 Å². The number of carbonyl (C=O) groups is 1. The highest BCUT2D eigenvalue weighted by Gasteiger charge is 2.77. The standard InChI is InChI=1S/C32H40N2O3/c1-22-13-14-27-25(29(35)36-32(27)26(22)15-16-31(2)30(32)37-31)21-33-17-19-34(20-18-33)28(23-9-5-3-6-10-23)24-11-7-4-8-12-24/h3-12,22,25-28,30H,13-21H2,1-2H3/t22-,25-,26+,27+,30-,31-,32-/m1/s1. The first-order valence-corrected chi connectivity index (χ1v) is 14.5. The number of hydrogen-bond acceptors (Lipinski definition) is 5. The molecule has 5 nitrogen and oxygen atoms in total. The number of epoxide rings is 1. The average molecular weight is 501 g/mol. The fraction of sp³-hybridized carbons (Fsp3) is 0.594. The van der Waals surface area contributed by atoms with E-state index in [1.54, 1.807) is 0 Å². The Labute approximate surface area is 221 Å². The molecule has 5 fully saturated rings. The van der Waals surface area contributed by atoms with Gasteiger partial charge >= 0.3 is 5.97 Å². The second-order valence-corrected chi connectivity index (χ2v) is 12.6. The first kappa shape index (κ1) is 23.9. The molecule has 5 aliphatic rings. The average Bonchev–Trinajstić information content (AvgIpc) is 3.55. The summed E-state index contributed by atoms with van der Waals surface area (Å²) >= 11 is 0. The number of fused-ring (bicyclic) bond motifs is 1. The molecule has 3 aliphatic heterocycles. The maximum atomic E-state index is 13.5. The molecule has 0 radical (unpaired) electrons. The van der Waals surface area contributed by atoms with E-state index in [9.17, 15) is 4.79 Å². The topological polar surface area (TPSA) is 45.3 Å². The lowest BCUT2D eigenvalue weighted by Crippen LogP contribution is -2.58. The van der Waals surface area contributed by atoms with Gasteiger partial charge in [-0.15, -0.1) is 0 Å². The first-order valence-electron chi connectivity index (χ1n) is 14.5. The van der Waals surface area contributed by atoms with E-state index >= 15 is 0 Å². The van der Waals surface area contributed by atoms with Crippen LogP contribution in [-0.4, -0.2) is 65.8 Å². The summed E-state index contributed by atoms with van der Waals surface area (Å²) in [5, 5.41) is 0. The monoisotopic (exact) mass is 500 g/mol. The van der Waals surface area contributed by atoms with E-state index in [1.165, 1.54) is 17.5 Å². The highest BCUT2D eigenvalue weighted by atomic mass is 16.7. The first-order chi connectivity index (χ1) is 18.0. The van der Waals surface area contributed by atoms with Gasteiger partial charge in [-0.1, -0.05) is 67.6 Å². The lowest BCUT2D eigenvalue weighted by atomic mass is 9.55. The summed E-state index contributed by atoms with van der Waals surface area (Å²) in [6, 6.07) is 22.0. The molecule has 0 amide bonds. The minimum atomic E-state index is -0.375. The fourth-order valence-corrected chi connectivity index (χ4v) is 8.63. The van der Waals surface area contributed by atoms with Gasteiger partial charge in [-0.25, -0.2) is 0 Å². The molecule has 0 aromatic heterocycles. The molecule has 5 heteroatoms. The zero-order valence-corrected chi connectivity index (χ0v) is 22.2. The second kappa shape index (κ2) is 8.93. The summed E-state index contributed by atoms with van der Waals surface area (Å²) in [5.74, 6) is 1.38. The number of ether oxygens (including phenoxy) is 2. The van der Waals surface area contributed by atoms with Gasteiger partial charge in [0.25, 0.3) is 0 Å². The Hall–Kier alpha value is -2.21. The molecule has 2 aromatic carbocycles. The van der Waals surface area contributed by atoms with Crippen LogP contribution in [-0.2, 0) is 14.3 Å². The van der Waals surface area contributed by atoms with Crippen LogP contribution in [0.2, 0.25) is 0 Å². The predicted octanol–water partition coefficient (Wildman–Crippen LogP) is 4.92. The Morgan fingerprint density at radius 1 is 0.892 bits per heavy atom. The van der Waals surface area contributed by atoms with Gasteiger partial charge in [0.15, 0.2) is 0 Å². The Morgan fingerprint density at radius 3 is 2.19 bits per heavy atom. The summed E-state index contributed by atoms with van der Waals surface area (Å²) < 4.78 is 12.8. The fourth-order valence-electron chi connectivity index (χ4n) is 8.63. The maximum Gasteiger partial charge on any atom is 0.311 e.